The monoisotopic (exact) mass is 378 g/mol. The molecular weight excluding hydrogens is 352 g/mol. The quantitative estimate of drug-likeness (QED) is 0.452. The predicted octanol–water partition coefficient (Wildman–Crippen LogP) is 3.61. The molecule has 0 amide bonds. The second-order valence-electron chi connectivity index (χ2n) is 7.13. The summed E-state index contributed by atoms with van der Waals surface area (Å²) < 4.78 is 9.44. The first-order chi connectivity index (χ1) is 13.8. The number of aliphatic hydroxyl groups excluding tert-OH is 1. The van der Waals surface area contributed by atoms with Crippen molar-refractivity contribution in [1.82, 2.24) is 19.6 Å². The second-order valence-corrected chi connectivity index (χ2v) is 7.13. The topological polar surface area (TPSA) is 65.1 Å². The lowest BCUT2D eigenvalue weighted by Crippen LogP contribution is -2.22. The van der Waals surface area contributed by atoms with E-state index in [2.05, 4.69) is 70.3 Å². The average molecular weight is 378 g/mol. The molecule has 0 fully saturated rings. The number of nitrogens with zero attached hydrogens (tertiary/aromatic N) is 4. The summed E-state index contributed by atoms with van der Waals surface area (Å²) in [5.41, 5.74) is 3.23. The maximum absolute atomic E-state index is 10.1. The molecule has 28 heavy (non-hydrogen) atoms. The van der Waals surface area contributed by atoms with Gasteiger partial charge in [-0.2, -0.15) is 0 Å². The van der Waals surface area contributed by atoms with Gasteiger partial charge in [0.25, 0.3) is 0 Å². The van der Waals surface area contributed by atoms with Crippen molar-refractivity contribution in [2.75, 3.05) is 13.2 Å². The van der Waals surface area contributed by atoms with E-state index in [0.717, 1.165) is 18.5 Å². The number of hydrogen-bond acceptors (Lipinski definition) is 4. The summed E-state index contributed by atoms with van der Waals surface area (Å²) >= 11 is 0. The van der Waals surface area contributed by atoms with Gasteiger partial charge in [-0.15, -0.1) is 5.10 Å². The lowest BCUT2D eigenvalue weighted by molar-refractivity contribution is 0.0251. The van der Waals surface area contributed by atoms with Crippen LogP contribution in [-0.4, -0.2) is 44.0 Å². The molecular formula is C22H26N4O2. The van der Waals surface area contributed by atoms with Crippen LogP contribution in [0.2, 0.25) is 0 Å². The van der Waals surface area contributed by atoms with Crippen molar-refractivity contribution in [3.05, 3.63) is 60.4 Å². The second kappa shape index (κ2) is 8.54. The summed E-state index contributed by atoms with van der Waals surface area (Å²) in [5.74, 6) is 0. The van der Waals surface area contributed by atoms with Crippen LogP contribution in [0.25, 0.3) is 21.8 Å². The summed E-state index contributed by atoms with van der Waals surface area (Å²) in [7, 11) is 0. The van der Waals surface area contributed by atoms with Gasteiger partial charge in [-0.3, -0.25) is 0 Å². The van der Waals surface area contributed by atoms with Crippen molar-refractivity contribution < 1.29 is 9.84 Å². The molecule has 0 spiro atoms. The number of aliphatic hydroxyl groups is 1. The number of aromatic nitrogens is 4. The van der Waals surface area contributed by atoms with Gasteiger partial charge in [0, 0.05) is 28.4 Å². The first kappa shape index (κ1) is 18.7. The lowest BCUT2D eigenvalue weighted by atomic mass is 10.2. The lowest BCUT2D eigenvalue weighted by Gasteiger charge is -2.10. The zero-order chi connectivity index (χ0) is 19.3. The van der Waals surface area contributed by atoms with Gasteiger partial charge in [0.1, 0.15) is 5.69 Å². The van der Waals surface area contributed by atoms with Gasteiger partial charge in [0.2, 0.25) is 0 Å². The van der Waals surface area contributed by atoms with Crippen LogP contribution in [0, 0.1) is 0 Å². The number of hydrogen-bond donors (Lipinski definition) is 1. The number of ether oxygens (including phenoxy) is 1. The smallest absolute Gasteiger partial charge is 0.102 e. The third kappa shape index (κ3) is 3.93. The van der Waals surface area contributed by atoms with E-state index in [-0.39, 0.29) is 0 Å². The highest BCUT2D eigenvalue weighted by molar-refractivity contribution is 6.07. The van der Waals surface area contributed by atoms with Crippen molar-refractivity contribution in [2.45, 2.75) is 39.0 Å². The molecule has 6 heteroatoms. The third-order valence-electron chi connectivity index (χ3n) is 4.94. The molecule has 0 bridgehead atoms. The number of para-hydroxylation sites is 2. The summed E-state index contributed by atoms with van der Waals surface area (Å²) in [6.07, 6.45) is 3.42. The Balaban J connectivity index is 1.50. The van der Waals surface area contributed by atoms with Gasteiger partial charge in [0.15, 0.2) is 0 Å². The molecule has 0 aliphatic heterocycles. The van der Waals surface area contributed by atoms with E-state index in [4.69, 9.17) is 4.74 Å². The Labute approximate surface area is 164 Å². The number of benzene rings is 2. The van der Waals surface area contributed by atoms with E-state index < -0.39 is 6.10 Å². The first-order valence-electron chi connectivity index (χ1n) is 9.87. The summed E-state index contributed by atoms with van der Waals surface area (Å²) in [6.45, 7) is 4.14. The largest absolute Gasteiger partial charge is 0.389 e. The van der Waals surface area contributed by atoms with Crippen molar-refractivity contribution in [2.24, 2.45) is 0 Å². The standard InChI is InChI=1S/C22H26N4O2/c1-2-3-12-28-16-18(27)15-25-13-17(23-24-25)14-26-21-10-6-4-8-19(21)20-9-5-7-11-22(20)26/h4-11,13,18,27H,2-3,12,14-16H2,1H3. The molecule has 6 nitrogen and oxygen atoms in total. The first-order valence-corrected chi connectivity index (χ1v) is 9.87. The molecule has 1 N–H and O–H groups in total. The van der Waals surface area contributed by atoms with E-state index in [1.165, 1.54) is 21.8 Å². The Bertz CT molecular complexity index is 1000. The Kier molecular flexibility index (Phi) is 5.69. The average Bonchev–Trinajstić information content (AvgIpc) is 3.29. The van der Waals surface area contributed by atoms with Crippen molar-refractivity contribution in [1.29, 1.82) is 0 Å². The van der Waals surface area contributed by atoms with Crippen LogP contribution >= 0.6 is 0 Å². The minimum Gasteiger partial charge on any atom is -0.389 e. The summed E-state index contributed by atoms with van der Waals surface area (Å²) in [5, 5.41) is 21.1. The van der Waals surface area contributed by atoms with Crippen LogP contribution in [0.5, 0.6) is 0 Å². The molecule has 0 aliphatic rings. The van der Waals surface area contributed by atoms with Crippen molar-refractivity contribution in [3.8, 4) is 0 Å². The van der Waals surface area contributed by atoms with Gasteiger partial charge in [-0.25, -0.2) is 4.68 Å². The molecule has 2 aromatic heterocycles. The molecule has 0 saturated heterocycles. The van der Waals surface area contributed by atoms with E-state index in [9.17, 15) is 5.11 Å². The molecule has 1 unspecified atom stereocenters. The maximum atomic E-state index is 10.1. The SMILES string of the molecule is CCCCOCC(O)Cn1cc(Cn2c3ccccc3c3ccccc32)nn1. The van der Waals surface area contributed by atoms with E-state index in [0.29, 0.717) is 26.3 Å². The Morgan fingerprint density at radius 3 is 2.39 bits per heavy atom. The highest BCUT2D eigenvalue weighted by Gasteiger charge is 2.12. The van der Waals surface area contributed by atoms with Crippen molar-refractivity contribution >= 4 is 21.8 Å². The molecule has 0 radical (unpaired) electrons. The van der Waals surface area contributed by atoms with Gasteiger partial charge in [-0.1, -0.05) is 55.0 Å². The molecule has 4 rings (SSSR count). The highest BCUT2D eigenvalue weighted by atomic mass is 16.5. The van der Waals surface area contributed by atoms with Crippen LogP contribution in [0.4, 0.5) is 0 Å². The maximum Gasteiger partial charge on any atom is 0.102 e. The molecule has 0 saturated carbocycles. The minimum atomic E-state index is -0.584. The van der Waals surface area contributed by atoms with Crippen molar-refractivity contribution in [3.63, 3.8) is 0 Å². The molecule has 2 heterocycles. The Morgan fingerprint density at radius 2 is 1.71 bits per heavy atom. The van der Waals surface area contributed by atoms with Crippen LogP contribution in [-0.2, 0) is 17.8 Å². The van der Waals surface area contributed by atoms with Crippen LogP contribution < -0.4 is 0 Å². The van der Waals surface area contributed by atoms with Gasteiger partial charge < -0.3 is 14.4 Å². The fourth-order valence-corrected chi connectivity index (χ4v) is 3.57. The van der Waals surface area contributed by atoms with Crippen LogP contribution in [0.15, 0.2) is 54.7 Å². The van der Waals surface area contributed by atoms with Gasteiger partial charge in [0.05, 0.1) is 32.0 Å². The summed E-state index contributed by atoms with van der Waals surface area (Å²) in [6, 6.07) is 16.8. The number of fused-ring (bicyclic) bond motifs is 3. The van der Waals surface area contributed by atoms with Crippen LogP contribution in [0.1, 0.15) is 25.5 Å². The predicted molar refractivity (Wildman–Crippen MR) is 110 cm³/mol. The zero-order valence-electron chi connectivity index (χ0n) is 16.2. The van der Waals surface area contributed by atoms with E-state index in [1.54, 1.807) is 4.68 Å². The fraction of sp³-hybridized carbons (Fsp3) is 0.364. The molecule has 1 atom stereocenters. The molecule has 0 aliphatic carbocycles. The number of unbranched alkanes of at least 4 members (excludes halogenated alkanes) is 1. The fourth-order valence-electron chi connectivity index (χ4n) is 3.57. The molecule has 4 aromatic rings. The van der Waals surface area contributed by atoms with Gasteiger partial charge >= 0.3 is 0 Å². The molecule has 146 valence electrons. The van der Waals surface area contributed by atoms with E-state index in [1.807, 2.05) is 6.20 Å². The zero-order valence-corrected chi connectivity index (χ0v) is 16.2. The minimum absolute atomic E-state index is 0.321. The highest BCUT2D eigenvalue weighted by Crippen LogP contribution is 2.29. The summed E-state index contributed by atoms with van der Waals surface area (Å²) in [4.78, 5) is 0. The normalized spacial score (nSPS) is 12.8. The van der Waals surface area contributed by atoms with Gasteiger partial charge in [-0.05, 0) is 18.6 Å². The van der Waals surface area contributed by atoms with Crippen LogP contribution in [0.3, 0.4) is 0 Å². The Hall–Kier alpha value is -2.70. The van der Waals surface area contributed by atoms with E-state index >= 15 is 0 Å². The molecule has 2 aromatic carbocycles. The third-order valence-corrected chi connectivity index (χ3v) is 4.94. The number of rotatable bonds is 9. The Morgan fingerprint density at radius 1 is 1.04 bits per heavy atom.